The van der Waals surface area contributed by atoms with Crippen LogP contribution < -0.4 is 19.5 Å². The average Bonchev–Trinajstić information content (AvgIpc) is 2.67. The maximum absolute atomic E-state index is 12.5. The predicted octanol–water partition coefficient (Wildman–Crippen LogP) is 3.43. The Labute approximate surface area is 170 Å². The summed E-state index contributed by atoms with van der Waals surface area (Å²) < 4.78 is 16.5. The number of methoxy groups -OCH3 is 1. The molecule has 1 N–H and O–H groups in total. The van der Waals surface area contributed by atoms with E-state index in [4.69, 9.17) is 25.8 Å². The van der Waals surface area contributed by atoms with Crippen LogP contribution in [0.4, 0.5) is 0 Å². The van der Waals surface area contributed by atoms with Gasteiger partial charge in [0.15, 0.2) is 11.5 Å². The summed E-state index contributed by atoms with van der Waals surface area (Å²) in [5.74, 6) is 2.14. The van der Waals surface area contributed by atoms with Gasteiger partial charge in [0.25, 0.3) is 0 Å². The van der Waals surface area contributed by atoms with Gasteiger partial charge in [0.1, 0.15) is 19.0 Å². The molecular formula is C21H25ClN2O4. The first kappa shape index (κ1) is 20.3. The average molecular weight is 405 g/mol. The van der Waals surface area contributed by atoms with Crippen molar-refractivity contribution in [1.82, 2.24) is 10.2 Å². The van der Waals surface area contributed by atoms with Crippen LogP contribution >= 0.6 is 11.6 Å². The Morgan fingerprint density at radius 3 is 2.71 bits per heavy atom. The minimum Gasteiger partial charge on any atom is -0.496 e. The van der Waals surface area contributed by atoms with Crippen LogP contribution in [0.3, 0.4) is 0 Å². The Kier molecular flexibility index (Phi) is 6.65. The van der Waals surface area contributed by atoms with Gasteiger partial charge in [-0.25, -0.2) is 0 Å². The molecule has 1 atom stereocenters. The summed E-state index contributed by atoms with van der Waals surface area (Å²) in [5, 5.41) is 3.67. The highest BCUT2D eigenvalue weighted by molar-refractivity contribution is 6.30. The maximum Gasteiger partial charge on any atom is 0.234 e. The van der Waals surface area contributed by atoms with Gasteiger partial charge in [0.2, 0.25) is 5.91 Å². The van der Waals surface area contributed by atoms with E-state index in [-0.39, 0.29) is 18.5 Å². The smallest absolute Gasteiger partial charge is 0.234 e. The second kappa shape index (κ2) is 9.17. The summed E-state index contributed by atoms with van der Waals surface area (Å²) >= 11 is 6.08. The first-order valence-electron chi connectivity index (χ1n) is 9.16. The number of halogens is 1. The molecule has 0 radical (unpaired) electrons. The van der Waals surface area contributed by atoms with Crippen molar-refractivity contribution < 1.29 is 19.0 Å². The van der Waals surface area contributed by atoms with Crippen molar-refractivity contribution in [3.05, 3.63) is 52.5 Å². The molecule has 0 aliphatic carbocycles. The molecule has 1 amide bonds. The molecule has 1 heterocycles. The van der Waals surface area contributed by atoms with Crippen LogP contribution in [0.1, 0.15) is 24.1 Å². The molecule has 0 saturated heterocycles. The van der Waals surface area contributed by atoms with Crippen molar-refractivity contribution in [1.29, 1.82) is 0 Å². The van der Waals surface area contributed by atoms with Gasteiger partial charge in [0, 0.05) is 17.1 Å². The van der Waals surface area contributed by atoms with E-state index < -0.39 is 0 Å². The number of carbonyl (C=O) groups is 1. The molecule has 2 aromatic rings. The molecule has 0 spiro atoms. The van der Waals surface area contributed by atoms with E-state index in [1.54, 1.807) is 13.2 Å². The number of carbonyl (C=O) groups excluding carboxylic acids is 1. The highest BCUT2D eigenvalue weighted by Gasteiger charge is 2.17. The predicted molar refractivity (Wildman–Crippen MR) is 108 cm³/mol. The first-order chi connectivity index (χ1) is 13.5. The molecule has 0 unspecified atom stereocenters. The third-order valence-corrected chi connectivity index (χ3v) is 4.78. The Morgan fingerprint density at radius 2 is 1.96 bits per heavy atom. The van der Waals surface area contributed by atoms with Crippen LogP contribution in [-0.4, -0.2) is 44.7 Å². The van der Waals surface area contributed by atoms with Crippen LogP contribution in [0.2, 0.25) is 5.02 Å². The van der Waals surface area contributed by atoms with Crippen molar-refractivity contribution >= 4 is 17.5 Å². The summed E-state index contributed by atoms with van der Waals surface area (Å²) in [7, 11) is 3.50. The van der Waals surface area contributed by atoms with E-state index in [9.17, 15) is 4.79 Å². The second-order valence-electron chi connectivity index (χ2n) is 6.82. The van der Waals surface area contributed by atoms with Gasteiger partial charge >= 0.3 is 0 Å². The van der Waals surface area contributed by atoms with Crippen molar-refractivity contribution in [2.24, 2.45) is 0 Å². The van der Waals surface area contributed by atoms with E-state index in [1.165, 1.54) is 0 Å². The number of fused-ring (bicyclic) bond motifs is 1. The van der Waals surface area contributed by atoms with E-state index >= 15 is 0 Å². The second-order valence-corrected chi connectivity index (χ2v) is 7.26. The van der Waals surface area contributed by atoms with Gasteiger partial charge in [-0.2, -0.15) is 0 Å². The highest BCUT2D eigenvalue weighted by Crippen LogP contribution is 2.32. The van der Waals surface area contributed by atoms with Gasteiger partial charge < -0.3 is 19.5 Å². The molecule has 0 saturated carbocycles. The van der Waals surface area contributed by atoms with Gasteiger partial charge in [-0.05, 0) is 49.9 Å². The fourth-order valence-corrected chi connectivity index (χ4v) is 3.36. The molecule has 7 heteroatoms. The number of benzene rings is 2. The van der Waals surface area contributed by atoms with E-state index in [2.05, 4.69) is 5.32 Å². The lowest BCUT2D eigenvalue weighted by Gasteiger charge is -2.22. The van der Waals surface area contributed by atoms with Crippen molar-refractivity contribution in [3.63, 3.8) is 0 Å². The number of nitrogens with zero attached hydrogens (tertiary/aromatic N) is 1. The Morgan fingerprint density at radius 1 is 1.21 bits per heavy atom. The van der Waals surface area contributed by atoms with Crippen LogP contribution in [-0.2, 0) is 11.3 Å². The van der Waals surface area contributed by atoms with Crippen molar-refractivity contribution in [2.75, 3.05) is 33.9 Å². The summed E-state index contributed by atoms with van der Waals surface area (Å²) in [6.07, 6.45) is 0. The number of rotatable bonds is 7. The zero-order valence-corrected chi connectivity index (χ0v) is 17.1. The summed E-state index contributed by atoms with van der Waals surface area (Å²) in [4.78, 5) is 14.4. The third kappa shape index (κ3) is 5.09. The molecular weight excluding hydrogens is 380 g/mol. The summed E-state index contributed by atoms with van der Waals surface area (Å²) in [6, 6.07) is 11.1. The Bertz CT molecular complexity index is 843. The molecule has 0 bridgehead atoms. The quantitative estimate of drug-likeness (QED) is 0.766. The molecule has 150 valence electrons. The standard InChI is InChI=1S/C21H25ClN2O4/c1-14(15-4-6-19-20(11-15)28-9-8-27-19)23-21(25)13-24(2)12-16-10-17(22)5-7-18(16)26-3/h4-7,10-11,14H,8-9,12-13H2,1-3H3,(H,23,25)/t14-/m1/s1. The number of hydrogen-bond acceptors (Lipinski definition) is 5. The van der Waals surface area contributed by atoms with E-state index in [0.717, 1.165) is 28.4 Å². The number of nitrogens with one attached hydrogen (secondary N) is 1. The Balaban J connectivity index is 1.57. The molecule has 6 nitrogen and oxygen atoms in total. The molecule has 0 aromatic heterocycles. The lowest BCUT2D eigenvalue weighted by Crippen LogP contribution is -2.36. The van der Waals surface area contributed by atoms with Crippen LogP contribution in [0, 0.1) is 0 Å². The lowest BCUT2D eigenvalue weighted by molar-refractivity contribution is -0.122. The molecule has 1 aliphatic heterocycles. The Hall–Kier alpha value is -2.44. The number of hydrogen-bond donors (Lipinski definition) is 1. The molecule has 1 aliphatic rings. The van der Waals surface area contributed by atoms with Gasteiger partial charge in [0.05, 0.1) is 19.7 Å². The van der Waals surface area contributed by atoms with Gasteiger partial charge in [-0.1, -0.05) is 17.7 Å². The van der Waals surface area contributed by atoms with Gasteiger partial charge in [-0.3, -0.25) is 9.69 Å². The van der Waals surface area contributed by atoms with E-state index in [1.807, 2.05) is 49.2 Å². The number of amides is 1. The fourth-order valence-electron chi connectivity index (χ4n) is 3.16. The number of ether oxygens (including phenoxy) is 3. The van der Waals surface area contributed by atoms with Crippen molar-refractivity contribution in [2.45, 2.75) is 19.5 Å². The summed E-state index contributed by atoms with van der Waals surface area (Å²) in [5.41, 5.74) is 1.90. The molecule has 28 heavy (non-hydrogen) atoms. The SMILES string of the molecule is COc1ccc(Cl)cc1CN(C)CC(=O)N[C@H](C)c1ccc2c(c1)OCCO2. The minimum absolute atomic E-state index is 0.0640. The topological polar surface area (TPSA) is 60.0 Å². The zero-order chi connectivity index (χ0) is 20.1. The van der Waals surface area contributed by atoms with E-state index in [0.29, 0.717) is 24.8 Å². The maximum atomic E-state index is 12.5. The molecule has 2 aromatic carbocycles. The third-order valence-electron chi connectivity index (χ3n) is 4.54. The van der Waals surface area contributed by atoms with Crippen molar-refractivity contribution in [3.8, 4) is 17.2 Å². The van der Waals surface area contributed by atoms with Crippen LogP contribution in [0.25, 0.3) is 0 Å². The monoisotopic (exact) mass is 404 g/mol. The largest absolute Gasteiger partial charge is 0.496 e. The zero-order valence-electron chi connectivity index (χ0n) is 16.3. The first-order valence-corrected chi connectivity index (χ1v) is 9.54. The lowest BCUT2D eigenvalue weighted by atomic mass is 10.1. The molecule has 0 fully saturated rings. The number of likely N-dealkylation sites (N-methyl/N-ethyl adjacent to an activating group) is 1. The molecule has 3 rings (SSSR count). The normalized spacial score (nSPS) is 13.9. The van der Waals surface area contributed by atoms with Crippen LogP contribution in [0.15, 0.2) is 36.4 Å². The van der Waals surface area contributed by atoms with Crippen LogP contribution in [0.5, 0.6) is 17.2 Å². The highest BCUT2D eigenvalue weighted by atomic mass is 35.5. The van der Waals surface area contributed by atoms with Gasteiger partial charge in [-0.15, -0.1) is 0 Å². The summed E-state index contributed by atoms with van der Waals surface area (Å²) in [6.45, 7) is 3.85. The fraction of sp³-hybridized carbons (Fsp3) is 0.381. The minimum atomic E-state index is -0.141.